The van der Waals surface area contributed by atoms with E-state index in [0.717, 1.165) is 62.1 Å². The predicted molar refractivity (Wildman–Crippen MR) is 206 cm³/mol. The number of hydrogen-bond donors (Lipinski definition) is 5. The van der Waals surface area contributed by atoms with Gasteiger partial charge in [0.15, 0.2) is 0 Å². The molecule has 1 unspecified atom stereocenters. The van der Waals surface area contributed by atoms with Crippen LogP contribution in [0.4, 0.5) is 22.7 Å². The van der Waals surface area contributed by atoms with Gasteiger partial charge in [0.1, 0.15) is 5.75 Å². The van der Waals surface area contributed by atoms with Gasteiger partial charge in [-0.15, -0.1) is 0 Å². The van der Waals surface area contributed by atoms with Crippen LogP contribution in [0.3, 0.4) is 0 Å². The van der Waals surface area contributed by atoms with Gasteiger partial charge in [-0.3, -0.25) is 9.11 Å². The minimum atomic E-state index is -5.07. The van der Waals surface area contributed by atoms with Gasteiger partial charge in [-0.25, -0.2) is 4.79 Å². The molecule has 1 atom stereocenters. The van der Waals surface area contributed by atoms with Gasteiger partial charge >= 0.3 is 5.97 Å². The molecule has 278 valence electrons. The predicted octanol–water partition coefficient (Wildman–Crippen LogP) is 8.71. The highest BCUT2D eigenvalue weighted by Gasteiger charge is 2.29. The van der Waals surface area contributed by atoms with Crippen molar-refractivity contribution in [1.29, 1.82) is 0 Å². The Kier molecular flexibility index (Phi) is 10.8. The summed E-state index contributed by atoms with van der Waals surface area (Å²) in [6, 6.07) is 18.6. The molecule has 53 heavy (non-hydrogen) atoms. The van der Waals surface area contributed by atoms with Gasteiger partial charge in [0, 0.05) is 28.5 Å². The fourth-order valence-corrected chi connectivity index (χ4v) is 8.25. The lowest BCUT2D eigenvalue weighted by Crippen LogP contribution is -2.13. The summed E-state index contributed by atoms with van der Waals surface area (Å²) in [4.78, 5) is 11.3. The molecule has 0 aliphatic carbocycles. The minimum Gasteiger partial charge on any atom is -0.496 e. The third kappa shape index (κ3) is 7.93. The van der Waals surface area contributed by atoms with E-state index in [1.54, 1.807) is 43.5 Å². The van der Waals surface area contributed by atoms with Crippen molar-refractivity contribution >= 4 is 49.0 Å². The quantitative estimate of drug-likeness (QED) is 0.0642. The Morgan fingerprint density at radius 3 is 1.79 bits per heavy atom. The molecular weight excluding hydrogens is 717 g/mol. The number of benzene rings is 5. The van der Waals surface area contributed by atoms with Crippen molar-refractivity contribution < 1.29 is 40.6 Å². The Hall–Kier alpha value is -5.21. The number of aryl methyl sites for hydroxylation is 4. The summed E-state index contributed by atoms with van der Waals surface area (Å²) in [6.07, 6.45) is 0. The van der Waals surface area contributed by atoms with Crippen molar-refractivity contribution in [3.05, 3.63) is 134 Å². The third-order valence-corrected chi connectivity index (χ3v) is 11.5. The number of hydrogen-bond acceptors (Lipinski definition) is 8. The van der Waals surface area contributed by atoms with Crippen molar-refractivity contribution in [2.75, 3.05) is 17.7 Å². The maximum atomic E-state index is 12.8. The molecule has 0 aliphatic heterocycles. The highest BCUT2D eigenvalue weighted by Crippen LogP contribution is 2.40. The topological polar surface area (TPSA) is 179 Å². The summed E-state index contributed by atoms with van der Waals surface area (Å²) in [6.45, 7) is 13.7. The van der Waals surface area contributed by atoms with Gasteiger partial charge in [0.2, 0.25) is 0 Å². The van der Waals surface area contributed by atoms with Crippen LogP contribution in [0.5, 0.6) is 5.75 Å². The second kappa shape index (κ2) is 14.7. The number of carboxylic acids is 1. The van der Waals surface area contributed by atoms with Crippen molar-refractivity contribution in [1.82, 2.24) is 0 Å². The normalized spacial score (nSPS) is 12.3. The molecule has 13 heteroatoms. The van der Waals surface area contributed by atoms with Crippen molar-refractivity contribution in [3.63, 3.8) is 0 Å². The fourth-order valence-electron chi connectivity index (χ4n) is 6.90. The Morgan fingerprint density at radius 2 is 1.23 bits per heavy atom. The second-order valence-corrected chi connectivity index (χ2v) is 16.1. The number of nitrogens with one attached hydrogen (secondary N) is 2. The third-order valence-electron chi connectivity index (χ3n) is 9.71. The van der Waals surface area contributed by atoms with E-state index in [9.17, 15) is 35.8 Å². The van der Waals surface area contributed by atoms with Gasteiger partial charge < -0.3 is 20.5 Å². The Bertz CT molecular complexity index is 2490. The highest BCUT2D eigenvalue weighted by molar-refractivity contribution is 7.86. The molecule has 5 rings (SSSR count). The number of ether oxygens (including phenoxy) is 1. The minimum absolute atomic E-state index is 0.0477. The van der Waals surface area contributed by atoms with E-state index in [1.807, 2.05) is 60.6 Å². The number of carboxylic acid groups (broad SMARTS) is 1. The largest absolute Gasteiger partial charge is 0.496 e. The van der Waals surface area contributed by atoms with Gasteiger partial charge in [0.25, 0.3) is 20.2 Å². The first-order chi connectivity index (χ1) is 24.7. The summed E-state index contributed by atoms with van der Waals surface area (Å²) in [5.74, 6) is -1.53. The Balaban J connectivity index is 1.69. The number of aromatic carboxylic acids is 1. The summed E-state index contributed by atoms with van der Waals surface area (Å²) in [5, 5.41) is 17.1. The van der Waals surface area contributed by atoms with Crippen LogP contribution < -0.4 is 15.4 Å². The molecule has 0 heterocycles. The highest BCUT2D eigenvalue weighted by atomic mass is 32.2. The number of methoxy groups -OCH3 is 1. The van der Waals surface area contributed by atoms with Gasteiger partial charge in [-0.1, -0.05) is 36.4 Å². The first-order valence-corrected chi connectivity index (χ1v) is 19.4. The molecule has 0 amide bonds. The molecule has 0 spiro atoms. The molecule has 0 saturated carbocycles. The Morgan fingerprint density at radius 1 is 0.642 bits per heavy atom. The Labute approximate surface area is 310 Å². The number of carbonyl (C=O) groups is 1. The van der Waals surface area contributed by atoms with Crippen molar-refractivity contribution in [3.8, 4) is 5.75 Å². The smallest absolute Gasteiger partial charge is 0.337 e. The van der Waals surface area contributed by atoms with Crippen molar-refractivity contribution in [2.45, 2.75) is 64.2 Å². The summed E-state index contributed by atoms with van der Waals surface area (Å²) < 4.78 is 75.3. The number of rotatable bonds is 11. The van der Waals surface area contributed by atoms with E-state index in [2.05, 4.69) is 10.6 Å². The average Bonchev–Trinajstić information content (AvgIpc) is 3.08. The number of anilines is 4. The van der Waals surface area contributed by atoms with Crippen LogP contribution in [-0.4, -0.2) is 44.1 Å². The summed E-state index contributed by atoms with van der Waals surface area (Å²) >= 11 is 0. The SMILES string of the molecule is COc1c(C)cc(C)c(Nc2ccc(C(c3ccc(Nc4c(C)cc(C)c(C)c4C)c(C(=O)O)c3)c3ccc(S(=O)(=O)O)cc3S(=O)(=O)O)cc2)c1C. The van der Waals surface area contributed by atoms with Crippen LogP contribution >= 0.6 is 0 Å². The van der Waals surface area contributed by atoms with Crippen LogP contribution in [0, 0.1) is 48.5 Å². The van der Waals surface area contributed by atoms with Gasteiger partial charge in [-0.2, -0.15) is 16.8 Å². The first-order valence-electron chi connectivity index (χ1n) is 16.5. The molecular formula is C40H42N2O9S2. The molecule has 5 aromatic rings. The molecule has 0 aromatic heterocycles. The molecule has 5 aromatic carbocycles. The van der Waals surface area contributed by atoms with Gasteiger partial charge in [0.05, 0.1) is 28.2 Å². The van der Waals surface area contributed by atoms with Crippen LogP contribution in [0.1, 0.15) is 71.9 Å². The second-order valence-electron chi connectivity index (χ2n) is 13.2. The van der Waals surface area contributed by atoms with E-state index in [0.29, 0.717) is 28.6 Å². The average molecular weight is 759 g/mol. The van der Waals surface area contributed by atoms with Crippen molar-refractivity contribution in [2.24, 2.45) is 0 Å². The molecule has 0 saturated heterocycles. The standard InChI is InChI=1S/C40H42N2O9S2/c1-21-17-22(2)37(26(6)25(21)5)42-34-16-11-29(19-33(34)40(43)44)36(32-15-14-31(52(45,46)47)20-35(32)53(48,49)50)28-9-12-30(13-10-28)41-38-23(3)18-24(4)39(51-8)27(38)7/h9-20,36,41-42H,1-8H3,(H,43,44)(H,45,46,47)(H,48,49,50). The lowest BCUT2D eigenvalue weighted by Gasteiger charge is -2.24. The lowest BCUT2D eigenvalue weighted by molar-refractivity contribution is 0.0697. The van der Waals surface area contributed by atoms with Gasteiger partial charge in [-0.05, 0) is 135 Å². The summed E-state index contributed by atoms with van der Waals surface area (Å²) in [7, 11) is -8.31. The van der Waals surface area contributed by atoms with Crippen LogP contribution in [0.2, 0.25) is 0 Å². The lowest BCUT2D eigenvalue weighted by atomic mass is 9.84. The summed E-state index contributed by atoms with van der Waals surface area (Å²) in [5.41, 5.74) is 10.2. The van der Waals surface area contributed by atoms with E-state index >= 15 is 0 Å². The molecule has 0 bridgehead atoms. The van der Waals surface area contributed by atoms with E-state index < -0.39 is 41.9 Å². The molecule has 5 N–H and O–H groups in total. The van der Waals surface area contributed by atoms with E-state index in [1.165, 1.54) is 12.1 Å². The van der Waals surface area contributed by atoms with Crippen LogP contribution in [0.15, 0.2) is 82.6 Å². The zero-order valence-corrected chi connectivity index (χ0v) is 32.2. The van der Waals surface area contributed by atoms with E-state index in [4.69, 9.17) is 4.74 Å². The molecule has 0 radical (unpaired) electrons. The molecule has 0 aliphatic rings. The monoisotopic (exact) mass is 758 g/mol. The molecule has 0 fully saturated rings. The maximum Gasteiger partial charge on any atom is 0.337 e. The molecule has 11 nitrogen and oxygen atoms in total. The maximum absolute atomic E-state index is 12.8. The fraction of sp³-hybridized carbons (Fsp3) is 0.225. The zero-order chi connectivity index (χ0) is 39.2. The van der Waals surface area contributed by atoms with E-state index in [-0.39, 0.29) is 11.1 Å². The van der Waals surface area contributed by atoms with Crippen LogP contribution in [0.25, 0.3) is 0 Å². The first kappa shape index (κ1) is 39.0. The van der Waals surface area contributed by atoms with Crippen LogP contribution in [-0.2, 0) is 20.2 Å². The zero-order valence-electron chi connectivity index (χ0n) is 30.6.